The number of carbonyl (C=O) groups excluding carboxylic acids is 1. The van der Waals surface area contributed by atoms with E-state index in [4.69, 9.17) is 14.2 Å². The number of hydrogen-bond donors (Lipinski definition) is 1. The van der Waals surface area contributed by atoms with Gasteiger partial charge < -0.3 is 19.5 Å². The van der Waals surface area contributed by atoms with E-state index in [1.165, 1.54) is 5.56 Å². The molecule has 2 fully saturated rings. The summed E-state index contributed by atoms with van der Waals surface area (Å²) in [6, 6.07) is 20.9. The molecule has 0 aliphatic carbocycles. The van der Waals surface area contributed by atoms with Gasteiger partial charge in [-0.05, 0) is 28.0 Å². The quantitative estimate of drug-likeness (QED) is 0.720. The lowest BCUT2D eigenvalue weighted by molar-refractivity contribution is -0.119. The van der Waals surface area contributed by atoms with Crippen LogP contribution in [-0.2, 0) is 14.3 Å². The van der Waals surface area contributed by atoms with E-state index >= 15 is 0 Å². The SMILES string of the molecule is O=C1CC(c2ccc(-c3c(OCC4OCCO4)ccc4ccccc34)cc2)CN1. The van der Waals surface area contributed by atoms with E-state index in [9.17, 15) is 4.79 Å². The minimum atomic E-state index is -0.316. The first-order chi connectivity index (χ1) is 14.3. The molecule has 1 amide bonds. The van der Waals surface area contributed by atoms with Crippen LogP contribution in [0, 0.1) is 0 Å². The lowest BCUT2D eigenvalue weighted by Gasteiger charge is -2.17. The molecule has 0 saturated carbocycles. The smallest absolute Gasteiger partial charge is 0.220 e. The number of amides is 1. The van der Waals surface area contributed by atoms with Gasteiger partial charge in [0.25, 0.3) is 0 Å². The van der Waals surface area contributed by atoms with E-state index in [1.54, 1.807) is 0 Å². The number of fused-ring (bicyclic) bond motifs is 1. The molecule has 0 aromatic heterocycles. The van der Waals surface area contributed by atoms with Gasteiger partial charge in [-0.15, -0.1) is 0 Å². The molecule has 148 valence electrons. The first-order valence-electron chi connectivity index (χ1n) is 10.0. The van der Waals surface area contributed by atoms with Gasteiger partial charge in [-0.25, -0.2) is 0 Å². The van der Waals surface area contributed by atoms with Gasteiger partial charge in [-0.3, -0.25) is 4.79 Å². The van der Waals surface area contributed by atoms with Crippen LogP contribution >= 0.6 is 0 Å². The van der Waals surface area contributed by atoms with Gasteiger partial charge in [0.2, 0.25) is 5.91 Å². The maximum atomic E-state index is 11.5. The molecular formula is C24H23NO4. The second-order valence-electron chi connectivity index (χ2n) is 7.47. The molecule has 29 heavy (non-hydrogen) atoms. The van der Waals surface area contributed by atoms with Crippen molar-refractivity contribution in [3.63, 3.8) is 0 Å². The molecule has 2 saturated heterocycles. The summed E-state index contributed by atoms with van der Waals surface area (Å²) in [6.45, 7) is 2.29. The van der Waals surface area contributed by atoms with Crippen molar-refractivity contribution in [1.82, 2.24) is 5.32 Å². The van der Waals surface area contributed by atoms with Crippen LogP contribution in [0.2, 0.25) is 0 Å². The maximum Gasteiger partial charge on any atom is 0.220 e. The zero-order chi connectivity index (χ0) is 19.6. The second-order valence-corrected chi connectivity index (χ2v) is 7.47. The third kappa shape index (κ3) is 3.71. The Morgan fingerprint density at radius 1 is 0.966 bits per heavy atom. The van der Waals surface area contributed by atoms with E-state index in [-0.39, 0.29) is 18.1 Å². The normalized spacial score (nSPS) is 19.6. The Morgan fingerprint density at radius 2 is 1.76 bits per heavy atom. The molecule has 2 heterocycles. The van der Waals surface area contributed by atoms with Gasteiger partial charge in [0.1, 0.15) is 12.4 Å². The molecule has 5 heteroatoms. The van der Waals surface area contributed by atoms with E-state index in [1.807, 2.05) is 18.2 Å². The van der Waals surface area contributed by atoms with Crippen molar-refractivity contribution in [2.75, 3.05) is 26.4 Å². The first kappa shape index (κ1) is 18.2. The van der Waals surface area contributed by atoms with Crippen LogP contribution in [-0.4, -0.2) is 38.6 Å². The summed E-state index contributed by atoms with van der Waals surface area (Å²) < 4.78 is 17.1. The molecule has 1 N–H and O–H groups in total. The van der Waals surface area contributed by atoms with Gasteiger partial charge in [-0.2, -0.15) is 0 Å². The van der Waals surface area contributed by atoms with Crippen LogP contribution in [0.25, 0.3) is 21.9 Å². The summed E-state index contributed by atoms with van der Waals surface area (Å²) in [6.07, 6.45) is 0.243. The van der Waals surface area contributed by atoms with Gasteiger partial charge in [-0.1, -0.05) is 54.6 Å². The molecule has 0 spiro atoms. The summed E-state index contributed by atoms with van der Waals surface area (Å²) in [5, 5.41) is 5.22. The standard InChI is InChI=1S/C24H23NO4/c26-22-13-19(14-25-22)16-5-7-18(8-6-16)24-20-4-2-1-3-17(20)9-10-21(24)29-15-23-27-11-12-28-23/h1-10,19,23H,11-15H2,(H,25,26). The van der Waals surface area contributed by atoms with Gasteiger partial charge in [0.15, 0.2) is 6.29 Å². The van der Waals surface area contributed by atoms with Crippen LogP contribution in [0.5, 0.6) is 5.75 Å². The van der Waals surface area contributed by atoms with Crippen molar-refractivity contribution in [2.45, 2.75) is 18.6 Å². The predicted molar refractivity (Wildman–Crippen MR) is 111 cm³/mol. The number of nitrogens with one attached hydrogen (secondary N) is 1. The highest BCUT2D eigenvalue weighted by molar-refractivity contribution is 5.99. The van der Waals surface area contributed by atoms with E-state index in [2.05, 4.69) is 47.8 Å². The highest BCUT2D eigenvalue weighted by Gasteiger charge is 2.23. The van der Waals surface area contributed by atoms with E-state index < -0.39 is 0 Å². The monoisotopic (exact) mass is 389 g/mol. The number of ether oxygens (including phenoxy) is 3. The van der Waals surface area contributed by atoms with Crippen molar-refractivity contribution >= 4 is 16.7 Å². The largest absolute Gasteiger partial charge is 0.488 e. The predicted octanol–water partition coefficient (Wildman–Crippen LogP) is 3.86. The lowest BCUT2D eigenvalue weighted by atomic mass is 9.93. The minimum absolute atomic E-state index is 0.125. The summed E-state index contributed by atoms with van der Waals surface area (Å²) in [4.78, 5) is 11.5. The molecule has 5 nitrogen and oxygen atoms in total. The van der Waals surface area contributed by atoms with Crippen molar-refractivity contribution in [3.8, 4) is 16.9 Å². The van der Waals surface area contributed by atoms with Crippen LogP contribution < -0.4 is 10.1 Å². The average Bonchev–Trinajstić information content (AvgIpc) is 3.44. The van der Waals surface area contributed by atoms with Gasteiger partial charge in [0, 0.05) is 24.4 Å². The molecule has 0 radical (unpaired) electrons. The summed E-state index contributed by atoms with van der Waals surface area (Å²) in [7, 11) is 0. The van der Waals surface area contributed by atoms with Crippen molar-refractivity contribution in [3.05, 3.63) is 66.2 Å². The summed E-state index contributed by atoms with van der Waals surface area (Å²) in [5.74, 6) is 1.19. The molecule has 0 bridgehead atoms. The Labute approximate surface area is 169 Å². The van der Waals surface area contributed by atoms with E-state index in [0.29, 0.717) is 32.8 Å². The number of hydrogen-bond acceptors (Lipinski definition) is 4. The van der Waals surface area contributed by atoms with E-state index in [0.717, 1.165) is 27.6 Å². The Morgan fingerprint density at radius 3 is 2.52 bits per heavy atom. The molecule has 5 rings (SSSR count). The zero-order valence-corrected chi connectivity index (χ0v) is 16.1. The fourth-order valence-electron chi connectivity index (χ4n) is 4.09. The molecule has 1 atom stereocenters. The number of rotatable bonds is 5. The maximum absolute atomic E-state index is 11.5. The minimum Gasteiger partial charge on any atom is -0.488 e. The summed E-state index contributed by atoms with van der Waals surface area (Å²) >= 11 is 0. The second kappa shape index (κ2) is 7.85. The Bertz CT molecular complexity index is 1020. The first-order valence-corrected chi connectivity index (χ1v) is 10.0. The van der Waals surface area contributed by atoms with Gasteiger partial charge in [0.05, 0.1) is 13.2 Å². The zero-order valence-electron chi connectivity index (χ0n) is 16.1. The molecule has 1 unspecified atom stereocenters. The van der Waals surface area contributed by atoms with Gasteiger partial charge >= 0.3 is 0 Å². The molecule has 3 aromatic carbocycles. The Kier molecular flexibility index (Phi) is 4.92. The average molecular weight is 389 g/mol. The fourth-order valence-corrected chi connectivity index (χ4v) is 4.09. The lowest BCUT2D eigenvalue weighted by Crippen LogP contribution is -2.18. The van der Waals surface area contributed by atoms with Crippen molar-refractivity contribution in [1.29, 1.82) is 0 Å². The Balaban J connectivity index is 1.49. The highest BCUT2D eigenvalue weighted by atomic mass is 16.7. The number of carbonyl (C=O) groups is 1. The fraction of sp³-hybridized carbons (Fsp3) is 0.292. The van der Waals surface area contributed by atoms with Crippen LogP contribution in [0.15, 0.2) is 60.7 Å². The molecular weight excluding hydrogens is 366 g/mol. The van der Waals surface area contributed by atoms with Crippen molar-refractivity contribution < 1.29 is 19.0 Å². The van der Waals surface area contributed by atoms with Crippen LogP contribution in [0.4, 0.5) is 0 Å². The molecule has 2 aliphatic heterocycles. The third-order valence-corrected chi connectivity index (χ3v) is 5.60. The molecule has 3 aromatic rings. The summed E-state index contributed by atoms with van der Waals surface area (Å²) in [5.41, 5.74) is 3.34. The topological polar surface area (TPSA) is 56.8 Å². The highest BCUT2D eigenvalue weighted by Crippen LogP contribution is 2.38. The molecule has 2 aliphatic rings. The van der Waals surface area contributed by atoms with Crippen molar-refractivity contribution in [2.24, 2.45) is 0 Å². The van der Waals surface area contributed by atoms with Crippen LogP contribution in [0.3, 0.4) is 0 Å². The third-order valence-electron chi connectivity index (χ3n) is 5.60. The van der Waals surface area contributed by atoms with Crippen LogP contribution in [0.1, 0.15) is 17.9 Å². The Hall–Kier alpha value is -2.89. The number of benzene rings is 3.